The maximum Gasteiger partial charge on any atom is 0.299 e. The van der Waals surface area contributed by atoms with E-state index in [1.807, 2.05) is 30.3 Å². The summed E-state index contributed by atoms with van der Waals surface area (Å²) >= 11 is 3.41. The van der Waals surface area contributed by atoms with E-state index in [0.29, 0.717) is 17.8 Å². The average Bonchev–Trinajstić information content (AvgIpc) is 2.74. The Morgan fingerprint density at radius 3 is 2.48 bits per heavy atom. The molecular formula is C16H12BrNO3. The number of carbonyl (C=O) groups excluding carboxylic acids is 2. The number of amides is 1. The molecule has 0 saturated carbocycles. The van der Waals surface area contributed by atoms with Crippen LogP contribution in [0, 0.1) is 0 Å². The third-order valence-electron chi connectivity index (χ3n) is 3.44. The van der Waals surface area contributed by atoms with Crippen molar-refractivity contribution in [2.75, 3.05) is 12.0 Å². The average molecular weight is 346 g/mol. The van der Waals surface area contributed by atoms with E-state index in [1.165, 1.54) is 4.90 Å². The zero-order valence-electron chi connectivity index (χ0n) is 11.3. The van der Waals surface area contributed by atoms with Crippen LogP contribution in [0.2, 0.25) is 0 Å². The number of halogens is 1. The van der Waals surface area contributed by atoms with Gasteiger partial charge in [0.2, 0.25) is 0 Å². The van der Waals surface area contributed by atoms with E-state index in [-0.39, 0.29) is 0 Å². The number of rotatable bonds is 3. The van der Waals surface area contributed by atoms with E-state index in [2.05, 4.69) is 15.9 Å². The van der Waals surface area contributed by atoms with Gasteiger partial charge in [-0.05, 0) is 45.8 Å². The Morgan fingerprint density at radius 1 is 1.10 bits per heavy atom. The summed E-state index contributed by atoms with van der Waals surface area (Å²) in [4.78, 5) is 25.7. The molecule has 0 bridgehead atoms. The molecule has 5 heteroatoms. The van der Waals surface area contributed by atoms with E-state index >= 15 is 0 Å². The summed E-state index contributed by atoms with van der Waals surface area (Å²) in [6.45, 7) is 0.351. The van der Waals surface area contributed by atoms with Crippen LogP contribution < -0.4 is 9.64 Å². The number of Topliss-reactive ketones (excluding diaryl/α,β-unsaturated/α-hetero) is 1. The fourth-order valence-corrected chi connectivity index (χ4v) is 2.96. The van der Waals surface area contributed by atoms with Crippen molar-refractivity contribution >= 4 is 33.3 Å². The van der Waals surface area contributed by atoms with Crippen molar-refractivity contribution in [3.63, 3.8) is 0 Å². The Bertz CT molecular complexity index is 725. The number of anilines is 1. The molecule has 106 valence electrons. The van der Waals surface area contributed by atoms with Gasteiger partial charge in [0.05, 0.1) is 24.9 Å². The second kappa shape index (κ2) is 5.33. The molecule has 1 aliphatic rings. The summed E-state index contributed by atoms with van der Waals surface area (Å²) in [7, 11) is 1.60. The molecule has 4 nitrogen and oxygen atoms in total. The molecule has 2 aromatic carbocycles. The van der Waals surface area contributed by atoms with Crippen LogP contribution >= 0.6 is 15.9 Å². The first-order valence-electron chi connectivity index (χ1n) is 6.39. The smallest absolute Gasteiger partial charge is 0.299 e. The molecule has 1 amide bonds. The van der Waals surface area contributed by atoms with Gasteiger partial charge in [-0.3, -0.25) is 14.5 Å². The van der Waals surface area contributed by atoms with Gasteiger partial charge in [-0.2, -0.15) is 0 Å². The molecular weight excluding hydrogens is 334 g/mol. The molecule has 0 fully saturated rings. The third kappa shape index (κ3) is 2.34. The van der Waals surface area contributed by atoms with Crippen LogP contribution in [0.5, 0.6) is 5.75 Å². The minimum atomic E-state index is -0.493. The third-order valence-corrected chi connectivity index (χ3v) is 4.08. The highest BCUT2D eigenvalue weighted by atomic mass is 79.9. The fourth-order valence-electron chi connectivity index (χ4n) is 2.38. The van der Waals surface area contributed by atoms with Crippen LogP contribution in [0.4, 0.5) is 5.69 Å². The van der Waals surface area contributed by atoms with Crippen molar-refractivity contribution in [2.24, 2.45) is 0 Å². The van der Waals surface area contributed by atoms with Crippen molar-refractivity contribution in [1.82, 2.24) is 0 Å². The molecule has 3 rings (SSSR count). The molecule has 0 atom stereocenters. The van der Waals surface area contributed by atoms with Crippen LogP contribution in [0.1, 0.15) is 15.9 Å². The maximum atomic E-state index is 12.2. The van der Waals surface area contributed by atoms with Gasteiger partial charge in [0.15, 0.2) is 0 Å². The number of benzene rings is 2. The van der Waals surface area contributed by atoms with Crippen LogP contribution in [-0.2, 0) is 11.3 Å². The van der Waals surface area contributed by atoms with Crippen molar-refractivity contribution in [3.8, 4) is 5.75 Å². The number of methoxy groups -OCH3 is 1. The minimum absolute atomic E-state index is 0.351. The zero-order valence-corrected chi connectivity index (χ0v) is 12.9. The number of fused-ring (bicyclic) bond motifs is 1. The number of para-hydroxylation sites is 1. The highest BCUT2D eigenvalue weighted by Gasteiger charge is 2.36. The first kappa shape index (κ1) is 13.8. The van der Waals surface area contributed by atoms with Gasteiger partial charge in [-0.25, -0.2) is 0 Å². The number of hydrogen-bond acceptors (Lipinski definition) is 3. The summed E-state index contributed by atoms with van der Waals surface area (Å²) in [6.07, 6.45) is 0. The Morgan fingerprint density at radius 2 is 1.81 bits per heavy atom. The van der Waals surface area contributed by atoms with Crippen molar-refractivity contribution in [1.29, 1.82) is 0 Å². The zero-order chi connectivity index (χ0) is 15.0. The summed E-state index contributed by atoms with van der Waals surface area (Å²) in [5, 5.41) is 0. The molecule has 0 aromatic heterocycles. The lowest BCUT2D eigenvalue weighted by molar-refractivity contribution is -0.114. The molecule has 0 radical (unpaired) electrons. The van der Waals surface area contributed by atoms with Gasteiger partial charge in [-0.15, -0.1) is 0 Å². The quantitative estimate of drug-likeness (QED) is 0.802. The fraction of sp³-hybridized carbons (Fsp3) is 0.125. The van der Waals surface area contributed by atoms with E-state index < -0.39 is 11.7 Å². The number of hydrogen-bond donors (Lipinski definition) is 0. The first-order valence-corrected chi connectivity index (χ1v) is 7.18. The summed E-state index contributed by atoms with van der Waals surface area (Å²) < 4.78 is 5.85. The van der Waals surface area contributed by atoms with Gasteiger partial charge < -0.3 is 4.74 Å². The molecule has 1 aliphatic heterocycles. The van der Waals surface area contributed by atoms with Gasteiger partial charge >= 0.3 is 0 Å². The minimum Gasteiger partial charge on any atom is -0.497 e. The van der Waals surface area contributed by atoms with Crippen LogP contribution in [0.3, 0.4) is 0 Å². The Kier molecular flexibility index (Phi) is 3.51. The second-order valence-electron chi connectivity index (χ2n) is 4.70. The largest absolute Gasteiger partial charge is 0.497 e. The molecule has 0 spiro atoms. The molecule has 2 aromatic rings. The standard InChI is InChI=1S/C16H12BrNO3/c1-21-11-7-5-10(6-8-11)9-18-14-12(15(19)16(18)20)3-2-4-13(14)17/h2-8H,9H2,1H3. The molecule has 0 aliphatic carbocycles. The van der Waals surface area contributed by atoms with Crippen molar-refractivity contribution < 1.29 is 14.3 Å². The van der Waals surface area contributed by atoms with E-state index in [4.69, 9.17) is 4.74 Å². The topological polar surface area (TPSA) is 46.6 Å². The monoisotopic (exact) mass is 345 g/mol. The van der Waals surface area contributed by atoms with Crippen LogP contribution in [0.15, 0.2) is 46.9 Å². The second-order valence-corrected chi connectivity index (χ2v) is 5.56. The Hall–Kier alpha value is -2.14. The first-order chi connectivity index (χ1) is 10.1. The number of ether oxygens (including phenoxy) is 1. The normalized spacial score (nSPS) is 13.5. The molecule has 21 heavy (non-hydrogen) atoms. The predicted octanol–water partition coefficient (Wildman–Crippen LogP) is 3.19. The predicted molar refractivity (Wildman–Crippen MR) is 82.7 cm³/mol. The van der Waals surface area contributed by atoms with Gasteiger partial charge in [-0.1, -0.05) is 18.2 Å². The summed E-state index contributed by atoms with van der Waals surface area (Å²) in [5.41, 5.74) is 2.02. The lowest BCUT2D eigenvalue weighted by atomic mass is 10.1. The Labute approximate surface area is 130 Å². The van der Waals surface area contributed by atoms with Crippen LogP contribution in [-0.4, -0.2) is 18.8 Å². The number of ketones is 1. The Balaban J connectivity index is 1.96. The van der Waals surface area contributed by atoms with Crippen LogP contribution in [0.25, 0.3) is 0 Å². The van der Waals surface area contributed by atoms with E-state index in [0.717, 1.165) is 15.8 Å². The van der Waals surface area contributed by atoms with E-state index in [9.17, 15) is 9.59 Å². The lowest BCUT2D eigenvalue weighted by Crippen LogP contribution is -2.29. The van der Waals surface area contributed by atoms with Crippen molar-refractivity contribution in [3.05, 3.63) is 58.1 Å². The summed E-state index contributed by atoms with van der Waals surface area (Å²) in [6, 6.07) is 12.7. The maximum absolute atomic E-state index is 12.2. The SMILES string of the molecule is COc1ccc(CN2C(=O)C(=O)c3cccc(Br)c32)cc1. The highest BCUT2D eigenvalue weighted by molar-refractivity contribution is 9.10. The van der Waals surface area contributed by atoms with Gasteiger partial charge in [0.1, 0.15) is 5.75 Å². The molecule has 0 N–H and O–H groups in total. The molecule has 1 heterocycles. The van der Waals surface area contributed by atoms with Gasteiger partial charge in [0.25, 0.3) is 11.7 Å². The highest BCUT2D eigenvalue weighted by Crippen LogP contribution is 2.36. The number of nitrogens with zero attached hydrogens (tertiary/aromatic N) is 1. The van der Waals surface area contributed by atoms with Crippen molar-refractivity contribution in [2.45, 2.75) is 6.54 Å². The van der Waals surface area contributed by atoms with Gasteiger partial charge in [0, 0.05) is 4.47 Å². The summed E-state index contributed by atoms with van der Waals surface area (Å²) in [5.74, 6) is -0.198. The van der Waals surface area contributed by atoms with E-state index in [1.54, 1.807) is 19.2 Å². The lowest BCUT2D eigenvalue weighted by Gasteiger charge is -2.18. The molecule has 0 saturated heterocycles. The molecule has 0 unspecified atom stereocenters. The number of carbonyl (C=O) groups is 2.